The number of carbonyl (C=O) groups is 4. The second kappa shape index (κ2) is 36.2. The molecular weight excluding hydrogens is 437 g/mol. The number of carboxylic acid groups (broad SMARTS) is 4. The Morgan fingerprint density at radius 1 is 0.526 bits per heavy atom. The minimum absolute atomic E-state index is 0. The third-order valence-electron chi connectivity index (χ3n) is 0.333. The predicted molar refractivity (Wildman–Crippen MR) is 41.9 cm³/mol. The molecule has 0 rings (SSSR count). The molecule has 15 heteroatoms. The summed E-state index contributed by atoms with van der Waals surface area (Å²) in [6.07, 6.45) is 0. The quantitative estimate of drug-likeness (QED) is 0.193. The van der Waals surface area contributed by atoms with Crippen molar-refractivity contribution in [2.45, 2.75) is 0 Å². The first-order valence-corrected chi connectivity index (χ1v) is 2.13. The summed E-state index contributed by atoms with van der Waals surface area (Å²) in [4.78, 5) is 35.7. The molecule has 0 amide bonds. The van der Waals surface area contributed by atoms with Crippen LogP contribution >= 0.6 is 0 Å². The Bertz CT molecular complexity index is 181. The van der Waals surface area contributed by atoms with Gasteiger partial charge in [0.15, 0.2) is 0 Å². The van der Waals surface area contributed by atoms with Crippen LogP contribution < -0.4 is 89.3 Å². The van der Waals surface area contributed by atoms with Gasteiger partial charge in [-0.2, -0.15) is 0 Å². The maximum Gasteiger partial charge on any atom is 3.00 e. The van der Waals surface area contributed by atoms with Crippen LogP contribution in [0.1, 0.15) is 0 Å². The third kappa shape index (κ3) is 69.9. The van der Waals surface area contributed by atoms with Gasteiger partial charge in [0.05, 0.1) is 23.9 Å². The average Bonchev–Trinajstić information content (AvgIpc) is 1.88. The molecule has 0 atom stereocenters. The number of carbonyl (C=O) groups excluding carboxylic acids is 4. The van der Waals surface area contributed by atoms with E-state index in [1.54, 1.807) is 0 Å². The zero-order chi connectivity index (χ0) is 10.3. The van der Waals surface area contributed by atoms with Crippen molar-refractivity contribution in [3.05, 3.63) is 0 Å². The van der Waals surface area contributed by atoms with Crippen LogP contribution in [0.2, 0.25) is 0 Å². The summed E-state index contributed by atoms with van der Waals surface area (Å²) in [5.74, 6) is -8.74. The largest absolute Gasteiger partial charge is 3.00 e. The summed E-state index contributed by atoms with van der Waals surface area (Å²) >= 11 is 0. The summed E-state index contributed by atoms with van der Waals surface area (Å²) < 4.78 is 0. The van der Waals surface area contributed by atoms with Crippen molar-refractivity contribution in [2.24, 2.45) is 0 Å². The van der Waals surface area contributed by atoms with E-state index in [9.17, 15) is 0 Å². The van der Waals surface area contributed by atoms with E-state index in [4.69, 9.17) is 39.6 Å². The van der Waals surface area contributed by atoms with E-state index >= 15 is 0 Å². The molecule has 0 aliphatic carbocycles. The summed E-state index contributed by atoms with van der Waals surface area (Å²) in [7, 11) is 0. The average molecular weight is 450 g/mol. The van der Waals surface area contributed by atoms with E-state index in [1.807, 2.05) is 0 Å². The van der Waals surface area contributed by atoms with Crippen molar-refractivity contribution in [1.29, 1.82) is 0 Å². The molecule has 13 N–H and O–H groups in total. The van der Waals surface area contributed by atoms with Gasteiger partial charge in [-0.3, -0.25) is 0 Å². The van der Waals surface area contributed by atoms with Gasteiger partial charge in [0.2, 0.25) is 0 Å². The van der Waals surface area contributed by atoms with Gasteiger partial charge in [-0.05, 0) is 0 Å². The van der Waals surface area contributed by atoms with Crippen molar-refractivity contribution < 1.29 is 158 Å². The van der Waals surface area contributed by atoms with Crippen LogP contribution in [0.3, 0.4) is 0 Å². The number of hydrogen-bond acceptors (Lipinski definition) is 8. The van der Waals surface area contributed by atoms with E-state index in [2.05, 4.69) is 0 Å². The van der Waals surface area contributed by atoms with Crippen molar-refractivity contribution in [3.63, 3.8) is 0 Å². The molecule has 0 unspecified atom stereocenters. The molecule has 0 spiro atoms. The van der Waals surface area contributed by atoms with Gasteiger partial charge in [0.25, 0.3) is 0 Å². The summed E-state index contributed by atoms with van der Waals surface area (Å²) in [5.41, 5.74) is 0. The van der Waals surface area contributed by atoms with E-state index in [1.165, 1.54) is 0 Å². The van der Waals surface area contributed by atoms with Crippen LogP contribution in [-0.2, 0) is 57.3 Å². The molecule has 0 fully saturated rings. The summed E-state index contributed by atoms with van der Waals surface area (Å²) in [5, 5.41) is 35.7. The molecule has 0 saturated carbocycles. The van der Waals surface area contributed by atoms with Crippen LogP contribution in [0.25, 0.3) is 0 Å². The Morgan fingerprint density at radius 3 is 0.579 bits per heavy atom. The molecule has 0 heterocycles. The van der Waals surface area contributed by atoms with Crippen LogP contribution in [-0.4, -0.2) is 34.8 Å². The minimum Gasteiger partial charge on any atom is -0.543 e. The Labute approximate surface area is 178 Å². The molecular formula is C4H13CsO13Ti+3. The molecule has 0 saturated heterocycles. The fourth-order valence-corrected chi connectivity index (χ4v) is 0. The monoisotopic (exact) mass is 450 g/mol. The molecule has 13 nitrogen and oxygen atoms in total. The molecule has 109 valence electrons. The van der Waals surface area contributed by atoms with Crippen molar-refractivity contribution in [2.75, 3.05) is 0 Å². The molecule has 0 aromatic rings. The molecule has 0 bridgehead atoms. The fourth-order valence-electron chi connectivity index (χ4n) is 0. The summed E-state index contributed by atoms with van der Waals surface area (Å²) in [6.45, 7) is 0. The zero-order valence-electron chi connectivity index (χ0n) is 9.50. The van der Waals surface area contributed by atoms with Crippen molar-refractivity contribution in [1.82, 2.24) is 0 Å². The summed E-state index contributed by atoms with van der Waals surface area (Å²) in [6, 6.07) is 0. The van der Waals surface area contributed by atoms with Crippen molar-refractivity contribution >= 4 is 23.9 Å². The van der Waals surface area contributed by atoms with Gasteiger partial charge < -0.3 is 67.0 Å². The Morgan fingerprint density at radius 2 is 0.579 bits per heavy atom. The van der Waals surface area contributed by atoms with E-state index < -0.39 is 23.9 Å². The van der Waals surface area contributed by atoms with Gasteiger partial charge in [-0.25, -0.2) is 0 Å². The SMILES string of the molecule is O.O.O=C([O-])C(=O)[O-].O=C([O-])C(=O)[O-].[Cs+].[OH3+].[OH3+].[OH3+].[Ti+3]. The van der Waals surface area contributed by atoms with Crippen molar-refractivity contribution in [3.8, 4) is 0 Å². The molecule has 1 radical (unpaired) electrons. The second-order valence-corrected chi connectivity index (χ2v) is 1.15. The standard InChI is InChI=1S/2C2H2O4.Cs.5H2O.Ti/c2*3-1(4)2(5)6;;;;;;;/h2*(H,3,4)(H,5,6);;5*1H2;/q;;+1;;;;;;+3/p-1. The van der Waals surface area contributed by atoms with E-state index in [-0.39, 0.29) is 118 Å². The molecule has 0 aliphatic rings. The van der Waals surface area contributed by atoms with E-state index in [0.717, 1.165) is 0 Å². The van der Waals surface area contributed by atoms with Gasteiger partial charge >= 0.3 is 90.6 Å². The Balaban J connectivity index is -0.0000000110. The fraction of sp³-hybridized carbons (Fsp3) is 0. The smallest absolute Gasteiger partial charge is 0.543 e. The Kier molecular flexibility index (Phi) is 116. The Hall–Kier alpha value is 0.446. The first kappa shape index (κ1) is 60.6. The maximum atomic E-state index is 8.93. The third-order valence-corrected chi connectivity index (χ3v) is 0.333. The maximum absolute atomic E-state index is 8.93. The van der Waals surface area contributed by atoms with Crippen LogP contribution in [0.15, 0.2) is 0 Å². The minimum atomic E-state index is -2.19. The van der Waals surface area contributed by atoms with Gasteiger partial charge in [-0.1, -0.05) is 0 Å². The first-order valence-electron chi connectivity index (χ1n) is 2.13. The molecule has 19 heavy (non-hydrogen) atoms. The van der Waals surface area contributed by atoms with Gasteiger partial charge in [0.1, 0.15) is 0 Å². The molecule has 0 aromatic heterocycles. The molecule has 0 aromatic carbocycles. The molecule has 0 aliphatic heterocycles. The number of aliphatic carboxylic acids is 4. The zero-order valence-corrected chi connectivity index (χ0v) is 17.3. The normalized spacial score (nSPS) is 4.63. The number of rotatable bonds is 0. The number of carboxylic acids is 4. The van der Waals surface area contributed by atoms with Crippen LogP contribution in [0.5, 0.6) is 0 Å². The van der Waals surface area contributed by atoms with Crippen LogP contribution in [0, 0.1) is 0 Å². The number of hydrogen-bond donors (Lipinski definition) is 0. The van der Waals surface area contributed by atoms with E-state index in [0.29, 0.717) is 0 Å². The van der Waals surface area contributed by atoms with Crippen LogP contribution in [0.4, 0.5) is 0 Å². The second-order valence-electron chi connectivity index (χ2n) is 1.15. The van der Waals surface area contributed by atoms with Gasteiger partial charge in [-0.15, -0.1) is 0 Å². The first-order chi connectivity index (χ1) is 5.29. The van der Waals surface area contributed by atoms with Gasteiger partial charge in [0, 0.05) is 0 Å². The predicted octanol–water partition coefficient (Wildman–Crippen LogP) is -14.4. The topological polar surface area (TPSA) is 323 Å².